The summed E-state index contributed by atoms with van der Waals surface area (Å²) in [5.41, 5.74) is 0. The number of carboxylic acid groups (broad SMARTS) is 1. The van der Waals surface area contributed by atoms with Crippen molar-refractivity contribution in [2.45, 2.75) is 30.6 Å². The molecule has 1 unspecified atom stereocenters. The first-order valence-corrected chi connectivity index (χ1v) is 8.84. The molecule has 1 aromatic rings. The lowest BCUT2D eigenvalue weighted by Crippen LogP contribution is -2.39. The van der Waals surface area contributed by atoms with Crippen LogP contribution in [0.2, 0.25) is 0 Å². The van der Waals surface area contributed by atoms with Crippen LogP contribution < -0.4 is 0 Å². The van der Waals surface area contributed by atoms with Crippen LogP contribution in [-0.4, -0.2) is 41.2 Å². The van der Waals surface area contributed by atoms with Crippen molar-refractivity contribution >= 4 is 35.0 Å². The Morgan fingerprint density at radius 2 is 2.35 bits per heavy atom. The quantitative estimate of drug-likeness (QED) is 0.848. The molecule has 20 heavy (non-hydrogen) atoms. The second-order valence-corrected chi connectivity index (χ2v) is 6.77. The number of hydrogen-bond donors (Lipinski definition) is 1. The fourth-order valence-corrected chi connectivity index (χ4v) is 4.28. The molecule has 1 fully saturated rings. The Hall–Kier alpha value is -1.01. The van der Waals surface area contributed by atoms with Crippen LogP contribution >= 0.6 is 23.1 Å². The first-order chi connectivity index (χ1) is 9.61. The van der Waals surface area contributed by atoms with Gasteiger partial charge in [-0.1, -0.05) is 0 Å². The zero-order chi connectivity index (χ0) is 14.5. The van der Waals surface area contributed by atoms with Crippen LogP contribution in [0.15, 0.2) is 16.3 Å². The Kier molecular flexibility index (Phi) is 5.48. The van der Waals surface area contributed by atoms with Crippen molar-refractivity contribution < 1.29 is 14.7 Å². The van der Waals surface area contributed by atoms with Gasteiger partial charge < -0.3 is 10.0 Å². The first kappa shape index (κ1) is 15.4. The van der Waals surface area contributed by atoms with Crippen molar-refractivity contribution in [2.24, 2.45) is 5.92 Å². The Balaban J connectivity index is 1.98. The van der Waals surface area contributed by atoms with Crippen LogP contribution in [-0.2, 0) is 4.79 Å². The fourth-order valence-electron chi connectivity index (χ4n) is 2.57. The molecule has 0 bridgehead atoms. The summed E-state index contributed by atoms with van der Waals surface area (Å²) in [4.78, 5) is 26.9. The van der Waals surface area contributed by atoms with E-state index in [2.05, 4.69) is 0 Å². The number of likely N-dealkylation sites (tertiary alicyclic amines) is 1. The average molecular weight is 313 g/mol. The van der Waals surface area contributed by atoms with E-state index in [-0.39, 0.29) is 12.3 Å². The van der Waals surface area contributed by atoms with Crippen molar-refractivity contribution in [3.63, 3.8) is 0 Å². The maximum absolute atomic E-state index is 12.5. The lowest BCUT2D eigenvalue weighted by Gasteiger charge is -2.32. The minimum Gasteiger partial charge on any atom is -0.481 e. The molecule has 1 atom stereocenters. The lowest BCUT2D eigenvalue weighted by molar-refractivity contribution is -0.137. The lowest BCUT2D eigenvalue weighted by atomic mass is 9.93. The third-order valence-corrected chi connectivity index (χ3v) is 5.43. The number of rotatable bonds is 5. The van der Waals surface area contributed by atoms with Gasteiger partial charge in [0.05, 0.1) is 0 Å². The second kappa shape index (κ2) is 7.13. The highest BCUT2D eigenvalue weighted by Gasteiger charge is 2.26. The minimum absolute atomic E-state index is 0.101. The number of piperidine rings is 1. The zero-order valence-electron chi connectivity index (χ0n) is 11.5. The molecular formula is C14H19NO3S2. The molecule has 0 aliphatic carbocycles. The predicted molar refractivity (Wildman–Crippen MR) is 81.6 cm³/mol. The molecule has 1 aliphatic heterocycles. The Morgan fingerprint density at radius 3 is 3.05 bits per heavy atom. The monoisotopic (exact) mass is 313 g/mol. The van der Waals surface area contributed by atoms with E-state index in [4.69, 9.17) is 5.11 Å². The van der Waals surface area contributed by atoms with E-state index in [1.807, 2.05) is 22.6 Å². The van der Waals surface area contributed by atoms with Gasteiger partial charge in [0.25, 0.3) is 5.91 Å². The molecule has 1 N–H and O–H groups in total. The van der Waals surface area contributed by atoms with Gasteiger partial charge >= 0.3 is 5.97 Å². The fraction of sp³-hybridized carbons (Fsp3) is 0.571. The van der Waals surface area contributed by atoms with Crippen LogP contribution in [0.25, 0.3) is 0 Å². The number of carbonyl (C=O) groups is 2. The standard InChI is InChI=1S/C14H19NO3S2/c1-19-11-6-8-20-13(11)14(18)15-7-2-3-10(9-15)4-5-12(16)17/h6,8,10H,2-5,7,9H2,1H3,(H,16,17). The van der Waals surface area contributed by atoms with Crippen LogP contribution in [0.1, 0.15) is 35.4 Å². The Bertz CT molecular complexity index is 487. The van der Waals surface area contributed by atoms with Gasteiger partial charge in [0.15, 0.2) is 0 Å². The number of nitrogens with zero attached hydrogens (tertiary/aromatic N) is 1. The number of thioether (sulfide) groups is 1. The molecule has 0 radical (unpaired) electrons. The van der Waals surface area contributed by atoms with Gasteiger partial charge in [-0.25, -0.2) is 0 Å². The van der Waals surface area contributed by atoms with Gasteiger partial charge in [0, 0.05) is 24.4 Å². The minimum atomic E-state index is -0.753. The van der Waals surface area contributed by atoms with Gasteiger partial charge in [-0.3, -0.25) is 9.59 Å². The molecule has 0 aromatic carbocycles. The van der Waals surface area contributed by atoms with Crippen LogP contribution in [0.5, 0.6) is 0 Å². The molecule has 1 saturated heterocycles. The summed E-state index contributed by atoms with van der Waals surface area (Å²) in [5.74, 6) is -0.331. The van der Waals surface area contributed by atoms with Crippen molar-refractivity contribution in [3.05, 3.63) is 16.3 Å². The van der Waals surface area contributed by atoms with Crippen molar-refractivity contribution in [1.29, 1.82) is 0 Å². The van der Waals surface area contributed by atoms with E-state index in [1.54, 1.807) is 11.8 Å². The highest BCUT2D eigenvalue weighted by molar-refractivity contribution is 7.98. The SMILES string of the molecule is CSc1ccsc1C(=O)N1CCCC(CCC(=O)O)C1. The summed E-state index contributed by atoms with van der Waals surface area (Å²) in [6, 6.07) is 1.98. The van der Waals surface area contributed by atoms with Crippen LogP contribution in [0, 0.1) is 5.92 Å². The number of amides is 1. The summed E-state index contributed by atoms with van der Waals surface area (Å²) >= 11 is 3.08. The molecular weight excluding hydrogens is 294 g/mol. The van der Waals surface area contributed by atoms with E-state index in [9.17, 15) is 9.59 Å². The highest BCUT2D eigenvalue weighted by atomic mass is 32.2. The Labute approximate surface area is 127 Å². The molecule has 2 heterocycles. The summed E-state index contributed by atoms with van der Waals surface area (Å²) in [7, 11) is 0. The molecule has 110 valence electrons. The van der Waals surface area contributed by atoms with Gasteiger partial charge in [-0.2, -0.15) is 0 Å². The van der Waals surface area contributed by atoms with E-state index in [0.717, 1.165) is 29.2 Å². The number of carbonyl (C=O) groups excluding carboxylic acids is 1. The van der Waals surface area contributed by atoms with Gasteiger partial charge in [-0.15, -0.1) is 23.1 Å². The molecule has 0 saturated carbocycles. The molecule has 1 aliphatic rings. The zero-order valence-corrected chi connectivity index (χ0v) is 13.1. The molecule has 1 aromatic heterocycles. The van der Waals surface area contributed by atoms with Crippen molar-refractivity contribution in [2.75, 3.05) is 19.3 Å². The number of carboxylic acids is 1. The van der Waals surface area contributed by atoms with E-state index >= 15 is 0 Å². The topological polar surface area (TPSA) is 57.6 Å². The number of hydrogen-bond acceptors (Lipinski definition) is 4. The highest BCUT2D eigenvalue weighted by Crippen LogP contribution is 2.29. The maximum Gasteiger partial charge on any atom is 0.303 e. The smallest absolute Gasteiger partial charge is 0.303 e. The predicted octanol–water partition coefficient (Wildman–Crippen LogP) is 3.19. The largest absolute Gasteiger partial charge is 0.481 e. The van der Waals surface area contributed by atoms with Gasteiger partial charge in [0.2, 0.25) is 0 Å². The second-order valence-electron chi connectivity index (χ2n) is 5.01. The van der Waals surface area contributed by atoms with Crippen LogP contribution in [0.3, 0.4) is 0 Å². The van der Waals surface area contributed by atoms with E-state index in [1.165, 1.54) is 11.3 Å². The molecule has 0 spiro atoms. The van der Waals surface area contributed by atoms with Crippen molar-refractivity contribution in [3.8, 4) is 0 Å². The van der Waals surface area contributed by atoms with Crippen molar-refractivity contribution in [1.82, 2.24) is 4.90 Å². The van der Waals surface area contributed by atoms with Crippen LogP contribution in [0.4, 0.5) is 0 Å². The third-order valence-electron chi connectivity index (χ3n) is 3.62. The third kappa shape index (κ3) is 3.76. The number of thiophene rings is 1. The summed E-state index contributed by atoms with van der Waals surface area (Å²) in [5, 5.41) is 10.7. The summed E-state index contributed by atoms with van der Waals surface area (Å²) in [6.07, 6.45) is 4.83. The Morgan fingerprint density at radius 1 is 1.55 bits per heavy atom. The van der Waals surface area contributed by atoms with Gasteiger partial charge in [0.1, 0.15) is 4.88 Å². The maximum atomic E-state index is 12.5. The number of aliphatic carboxylic acids is 1. The normalized spacial score (nSPS) is 19.1. The van der Waals surface area contributed by atoms with E-state index < -0.39 is 5.97 Å². The average Bonchev–Trinajstić information content (AvgIpc) is 2.93. The van der Waals surface area contributed by atoms with Gasteiger partial charge in [-0.05, 0) is 42.9 Å². The molecule has 6 heteroatoms. The first-order valence-electron chi connectivity index (χ1n) is 6.74. The molecule has 1 amide bonds. The molecule has 2 rings (SSSR count). The molecule has 4 nitrogen and oxygen atoms in total. The summed E-state index contributed by atoms with van der Waals surface area (Å²) in [6.45, 7) is 1.48. The van der Waals surface area contributed by atoms with E-state index in [0.29, 0.717) is 18.9 Å². The summed E-state index contributed by atoms with van der Waals surface area (Å²) < 4.78 is 0.